The van der Waals surface area contributed by atoms with Crippen LogP contribution < -0.4 is 10.6 Å². The van der Waals surface area contributed by atoms with Crippen molar-refractivity contribution in [3.63, 3.8) is 0 Å². The lowest BCUT2D eigenvalue weighted by Gasteiger charge is -2.26. The number of phenolic OH excluding ortho intramolecular Hbond substituents is 1. The monoisotopic (exact) mass is 233 g/mol. The highest BCUT2D eigenvalue weighted by molar-refractivity contribution is 5.54. The Kier molecular flexibility index (Phi) is 4.36. The first-order chi connectivity index (χ1) is 7.97. The van der Waals surface area contributed by atoms with Crippen molar-refractivity contribution in [2.75, 3.05) is 11.9 Å². The second-order valence-electron chi connectivity index (χ2n) is 4.35. The van der Waals surface area contributed by atoms with Gasteiger partial charge in [-0.25, -0.2) is 0 Å². The summed E-state index contributed by atoms with van der Waals surface area (Å²) < 4.78 is 0. The zero-order valence-corrected chi connectivity index (χ0v) is 10.5. The summed E-state index contributed by atoms with van der Waals surface area (Å²) in [4.78, 5) is 1.97. The van der Waals surface area contributed by atoms with Gasteiger partial charge in [0.05, 0.1) is 12.5 Å². The van der Waals surface area contributed by atoms with Gasteiger partial charge in [0.25, 0.3) is 0 Å². The Morgan fingerprint density at radius 3 is 2.59 bits per heavy atom. The van der Waals surface area contributed by atoms with Gasteiger partial charge in [-0.15, -0.1) is 0 Å². The third-order valence-electron chi connectivity index (χ3n) is 2.96. The fraction of sp³-hybridized carbons (Fsp3) is 0.462. The molecule has 0 aliphatic carbocycles. The quantitative estimate of drug-likeness (QED) is 0.835. The third kappa shape index (κ3) is 3.11. The molecule has 0 aliphatic rings. The molecular formula is C13H19N3O. The van der Waals surface area contributed by atoms with E-state index >= 15 is 0 Å². The van der Waals surface area contributed by atoms with E-state index in [0.717, 1.165) is 11.3 Å². The first kappa shape index (κ1) is 13.3. The molecule has 0 spiro atoms. The number of hydrogen-bond acceptors (Lipinski definition) is 4. The fourth-order valence-corrected chi connectivity index (χ4v) is 1.66. The van der Waals surface area contributed by atoms with Gasteiger partial charge in [-0.1, -0.05) is 6.07 Å². The summed E-state index contributed by atoms with van der Waals surface area (Å²) in [5.41, 5.74) is 7.35. The SMILES string of the molecule is CC(N)c1ccc(N(C)C(C)CC#N)cc1O. The van der Waals surface area contributed by atoms with Crippen LogP contribution >= 0.6 is 0 Å². The molecular weight excluding hydrogens is 214 g/mol. The Labute approximate surface area is 102 Å². The number of hydrogen-bond donors (Lipinski definition) is 2. The maximum Gasteiger partial charge on any atom is 0.122 e. The zero-order valence-electron chi connectivity index (χ0n) is 10.5. The van der Waals surface area contributed by atoms with Gasteiger partial charge < -0.3 is 15.7 Å². The highest BCUT2D eigenvalue weighted by atomic mass is 16.3. The van der Waals surface area contributed by atoms with E-state index in [1.807, 2.05) is 37.9 Å². The van der Waals surface area contributed by atoms with E-state index in [4.69, 9.17) is 11.0 Å². The van der Waals surface area contributed by atoms with Crippen LogP contribution in [0.4, 0.5) is 5.69 Å². The second kappa shape index (κ2) is 5.55. The molecule has 0 saturated carbocycles. The molecule has 0 aromatic heterocycles. The van der Waals surface area contributed by atoms with Crippen LogP contribution in [-0.2, 0) is 0 Å². The first-order valence-corrected chi connectivity index (χ1v) is 5.65. The third-order valence-corrected chi connectivity index (χ3v) is 2.96. The predicted molar refractivity (Wildman–Crippen MR) is 68.8 cm³/mol. The van der Waals surface area contributed by atoms with Crippen molar-refractivity contribution in [1.82, 2.24) is 0 Å². The number of phenols is 1. The first-order valence-electron chi connectivity index (χ1n) is 5.65. The molecule has 4 heteroatoms. The largest absolute Gasteiger partial charge is 0.508 e. The molecule has 3 N–H and O–H groups in total. The standard InChI is InChI=1S/C13H19N3O/c1-9(6-7-14)16(3)11-4-5-12(10(2)15)13(17)8-11/h4-5,8-10,17H,6,15H2,1-3H3. The number of nitrogens with two attached hydrogens (primary N) is 1. The Morgan fingerprint density at radius 2 is 2.12 bits per heavy atom. The van der Waals surface area contributed by atoms with Gasteiger partial charge in [0.15, 0.2) is 0 Å². The molecule has 0 heterocycles. The molecule has 2 unspecified atom stereocenters. The van der Waals surface area contributed by atoms with Crippen LogP contribution in [0.25, 0.3) is 0 Å². The van der Waals surface area contributed by atoms with E-state index in [2.05, 4.69) is 6.07 Å². The molecule has 92 valence electrons. The molecule has 0 fully saturated rings. The number of rotatable bonds is 4. The molecule has 17 heavy (non-hydrogen) atoms. The number of anilines is 1. The molecule has 0 saturated heterocycles. The van der Waals surface area contributed by atoms with Crippen LogP contribution in [0, 0.1) is 11.3 Å². The van der Waals surface area contributed by atoms with Gasteiger partial charge in [-0.3, -0.25) is 0 Å². The van der Waals surface area contributed by atoms with E-state index < -0.39 is 0 Å². The Morgan fingerprint density at radius 1 is 1.47 bits per heavy atom. The molecule has 1 aromatic rings. The molecule has 0 radical (unpaired) electrons. The second-order valence-corrected chi connectivity index (χ2v) is 4.35. The lowest BCUT2D eigenvalue weighted by molar-refractivity contribution is 0.463. The summed E-state index contributed by atoms with van der Waals surface area (Å²) in [7, 11) is 1.91. The number of benzene rings is 1. The summed E-state index contributed by atoms with van der Waals surface area (Å²) in [6.45, 7) is 3.80. The topological polar surface area (TPSA) is 73.3 Å². The van der Waals surface area contributed by atoms with Gasteiger partial charge in [0.1, 0.15) is 5.75 Å². The van der Waals surface area contributed by atoms with E-state index in [1.54, 1.807) is 6.07 Å². The number of nitrogens with zero attached hydrogens (tertiary/aromatic N) is 2. The highest BCUT2D eigenvalue weighted by Gasteiger charge is 2.12. The summed E-state index contributed by atoms with van der Waals surface area (Å²) in [6.07, 6.45) is 0.451. The van der Waals surface area contributed by atoms with Crippen LogP contribution in [0.15, 0.2) is 18.2 Å². The van der Waals surface area contributed by atoms with E-state index in [0.29, 0.717) is 6.42 Å². The molecule has 0 aliphatic heterocycles. The minimum absolute atomic E-state index is 0.112. The summed E-state index contributed by atoms with van der Waals surface area (Å²) in [5.74, 6) is 0.202. The van der Waals surface area contributed by atoms with Crippen LogP contribution in [0.2, 0.25) is 0 Å². The van der Waals surface area contributed by atoms with Crippen molar-refractivity contribution in [1.29, 1.82) is 5.26 Å². The smallest absolute Gasteiger partial charge is 0.122 e. The minimum Gasteiger partial charge on any atom is -0.508 e. The normalized spacial score (nSPS) is 13.8. The highest BCUT2D eigenvalue weighted by Crippen LogP contribution is 2.28. The van der Waals surface area contributed by atoms with Crippen molar-refractivity contribution in [3.8, 4) is 11.8 Å². The van der Waals surface area contributed by atoms with E-state index in [-0.39, 0.29) is 17.8 Å². The average Bonchev–Trinajstić information content (AvgIpc) is 2.27. The molecule has 4 nitrogen and oxygen atoms in total. The predicted octanol–water partition coefficient (Wildman–Crippen LogP) is 2.15. The Bertz CT molecular complexity index is 423. The summed E-state index contributed by atoms with van der Waals surface area (Å²) in [6, 6.07) is 7.48. The van der Waals surface area contributed by atoms with Gasteiger partial charge in [-0.05, 0) is 19.9 Å². The van der Waals surface area contributed by atoms with Gasteiger partial charge in [0, 0.05) is 36.4 Å². The lowest BCUT2D eigenvalue weighted by atomic mass is 10.1. The number of aromatic hydroxyl groups is 1. The van der Waals surface area contributed by atoms with Crippen molar-refractivity contribution in [3.05, 3.63) is 23.8 Å². The maximum absolute atomic E-state index is 9.85. The summed E-state index contributed by atoms with van der Waals surface area (Å²) in [5, 5.41) is 18.5. The zero-order chi connectivity index (χ0) is 13.0. The van der Waals surface area contributed by atoms with E-state index in [1.165, 1.54) is 0 Å². The molecule has 2 atom stereocenters. The molecule has 1 rings (SSSR count). The van der Waals surface area contributed by atoms with Crippen LogP contribution in [0.3, 0.4) is 0 Å². The average molecular weight is 233 g/mol. The van der Waals surface area contributed by atoms with Gasteiger partial charge in [-0.2, -0.15) is 5.26 Å². The fourth-order valence-electron chi connectivity index (χ4n) is 1.66. The summed E-state index contributed by atoms with van der Waals surface area (Å²) >= 11 is 0. The minimum atomic E-state index is -0.189. The lowest BCUT2D eigenvalue weighted by Crippen LogP contribution is -2.28. The maximum atomic E-state index is 9.85. The Balaban J connectivity index is 2.94. The van der Waals surface area contributed by atoms with E-state index in [9.17, 15) is 5.11 Å². The molecule has 0 amide bonds. The van der Waals surface area contributed by atoms with Crippen LogP contribution in [-0.4, -0.2) is 18.2 Å². The van der Waals surface area contributed by atoms with Crippen molar-refractivity contribution < 1.29 is 5.11 Å². The Hall–Kier alpha value is -1.73. The van der Waals surface area contributed by atoms with Gasteiger partial charge in [0.2, 0.25) is 0 Å². The number of nitriles is 1. The molecule has 1 aromatic carbocycles. The van der Waals surface area contributed by atoms with Crippen LogP contribution in [0.1, 0.15) is 31.9 Å². The van der Waals surface area contributed by atoms with Crippen LogP contribution in [0.5, 0.6) is 5.75 Å². The van der Waals surface area contributed by atoms with Crippen molar-refractivity contribution >= 4 is 5.69 Å². The molecule has 0 bridgehead atoms. The van der Waals surface area contributed by atoms with Gasteiger partial charge >= 0.3 is 0 Å². The van der Waals surface area contributed by atoms with Crippen molar-refractivity contribution in [2.45, 2.75) is 32.4 Å². The van der Waals surface area contributed by atoms with Crippen molar-refractivity contribution in [2.24, 2.45) is 5.73 Å².